The zero-order chi connectivity index (χ0) is 11.5. The van der Waals surface area contributed by atoms with Crippen molar-refractivity contribution in [3.8, 4) is 0 Å². The quantitative estimate of drug-likeness (QED) is 0.867. The highest BCUT2D eigenvalue weighted by Gasteiger charge is 2.68. The maximum absolute atomic E-state index is 6.17. The first kappa shape index (κ1) is 12.2. The molecular formula is C16H24N2. The Morgan fingerprint density at radius 2 is 2.00 bits per heavy atom. The molecular weight excluding hydrogens is 220 g/mol. The molecule has 0 amide bonds. The van der Waals surface area contributed by atoms with E-state index >= 15 is 0 Å². The lowest BCUT2D eigenvalue weighted by molar-refractivity contribution is -0.193. The molecule has 2 saturated carbocycles. The Morgan fingerprint density at radius 3 is 2.67 bits per heavy atom. The second-order valence-electron chi connectivity index (χ2n) is 6.16. The molecule has 2 heteroatoms. The number of nitrogens with zero attached hydrogens (tertiary/aromatic N) is 1. The fraction of sp³-hybridized carbons (Fsp3) is 0.625. The second-order valence-corrected chi connectivity index (χ2v) is 6.16. The largest absolute Gasteiger partial charge is 0.328 e. The summed E-state index contributed by atoms with van der Waals surface area (Å²) in [6.07, 6.45) is 5.34. The van der Waals surface area contributed by atoms with Crippen LogP contribution in [-0.2, 0) is 6.54 Å². The van der Waals surface area contributed by atoms with Gasteiger partial charge in [0, 0.05) is 30.1 Å². The van der Waals surface area contributed by atoms with Crippen LogP contribution in [-0.4, -0.2) is 23.0 Å². The van der Waals surface area contributed by atoms with Crippen LogP contribution in [0.25, 0.3) is 0 Å². The van der Waals surface area contributed by atoms with Gasteiger partial charge in [0.2, 0.25) is 0 Å². The van der Waals surface area contributed by atoms with E-state index in [1.165, 1.54) is 31.2 Å². The van der Waals surface area contributed by atoms with Crippen molar-refractivity contribution >= 4 is 0 Å². The summed E-state index contributed by atoms with van der Waals surface area (Å²) in [5, 5.41) is 0. The van der Waals surface area contributed by atoms with Gasteiger partial charge in [-0.2, -0.15) is 0 Å². The van der Waals surface area contributed by atoms with Crippen LogP contribution in [0.3, 0.4) is 0 Å². The minimum absolute atomic E-state index is 0. The molecule has 3 fully saturated rings. The highest BCUT2D eigenvalue weighted by Crippen LogP contribution is 2.65. The molecule has 2 N–H and O–H groups in total. The number of hydrogen-bond acceptors (Lipinski definition) is 2. The second kappa shape index (κ2) is 4.07. The van der Waals surface area contributed by atoms with Gasteiger partial charge in [0.25, 0.3) is 0 Å². The van der Waals surface area contributed by atoms with Crippen molar-refractivity contribution in [2.24, 2.45) is 11.1 Å². The summed E-state index contributed by atoms with van der Waals surface area (Å²) in [5.74, 6) is 0. The van der Waals surface area contributed by atoms with Crippen LogP contribution >= 0.6 is 0 Å². The fourth-order valence-electron chi connectivity index (χ4n) is 4.61. The average Bonchev–Trinajstić information content (AvgIpc) is 2.66. The van der Waals surface area contributed by atoms with E-state index in [9.17, 15) is 0 Å². The molecule has 98 valence electrons. The molecule has 1 aliphatic heterocycles. The third-order valence-electron chi connectivity index (χ3n) is 5.39. The molecule has 0 radical (unpaired) electrons. The summed E-state index contributed by atoms with van der Waals surface area (Å²) in [5.41, 5.74) is 8.27. The maximum Gasteiger partial charge on any atom is 0.0240 e. The van der Waals surface area contributed by atoms with E-state index in [0.29, 0.717) is 11.5 Å². The third kappa shape index (κ3) is 1.42. The zero-order valence-corrected chi connectivity index (χ0v) is 10.2. The van der Waals surface area contributed by atoms with Gasteiger partial charge in [0.05, 0.1) is 0 Å². The maximum atomic E-state index is 6.17. The van der Waals surface area contributed by atoms with E-state index in [2.05, 4.69) is 35.2 Å². The van der Waals surface area contributed by atoms with E-state index in [1.807, 2.05) is 0 Å². The lowest BCUT2D eigenvalue weighted by atomic mass is 9.53. The molecule has 0 aromatic heterocycles. The van der Waals surface area contributed by atoms with Gasteiger partial charge >= 0.3 is 0 Å². The van der Waals surface area contributed by atoms with E-state index in [0.717, 1.165) is 18.6 Å². The summed E-state index contributed by atoms with van der Waals surface area (Å²) in [6.45, 7) is 1.13. The Morgan fingerprint density at radius 1 is 1.22 bits per heavy atom. The standard InChI is InChI=1S/C15H20N2.CH4/c16-12-8-14-15(9-12)7-6-13(15)17(14)10-11-4-2-1-3-5-11;/h1-5,12-14H,6-10,16H2;1H4. The molecule has 1 spiro atoms. The number of rotatable bonds is 2. The van der Waals surface area contributed by atoms with Gasteiger partial charge in [0.15, 0.2) is 0 Å². The van der Waals surface area contributed by atoms with Gasteiger partial charge in [-0.25, -0.2) is 0 Å². The first-order valence-corrected chi connectivity index (χ1v) is 6.85. The van der Waals surface area contributed by atoms with Gasteiger partial charge in [-0.1, -0.05) is 37.8 Å². The highest BCUT2D eigenvalue weighted by molar-refractivity contribution is 5.25. The predicted octanol–water partition coefficient (Wildman–Crippen LogP) is 2.78. The van der Waals surface area contributed by atoms with Crippen LogP contribution in [0.15, 0.2) is 30.3 Å². The van der Waals surface area contributed by atoms with E-state index in [4.69, 9.17) is 5.73 Å². The summed E-state index contributed by atoms with van der Waals surface area (Å²) in [4.78, 5) is 2.71. The number of nitrogens with two attached hydrogens (primary N) is 1. The monoisotopic (exact) mass is 244 g/mol. The first-order chi connectivity index (χ1) is 8.29. The van der Waals surface area contributed by atoms with Gasteiger partial charge in [0.1, 0.15) is 0 Å². The van der Waals surface area contributed by atoms with E-state index in [-0.39, 0.29) is 7.43 Å². The van der Waals surface area contributed by atoms with Gasteiger partial charge in [-0.05, 0) is 31.2 Å². The van der Waals surface area contributed by atoms with Crippen molar-refractivity contribution in [1.29, 1.82) is 0 Å². The van der Waals surface area contributed by atoms with E-state index < -0.39 is 0 Å². The number of benzene rings is 1. The predicted molar refractivity (Wildman–Crippen MR) is 75.2 cm³/mol. The molecule has 0 bridgehead atoms. The Kier molecular flexibility index (Phi) is 2.76. The summed E-state index contributed by atoms with van der Waals surface area (Å²) in [7, 11) is 0. The number of likely N-dealkylation sites (tertiary alicyclic amines) is 1. The SMILES string of the molecule is C.NC1CC2N(Cc3ccccc3)C3CCC32C1. The van der Waals surface area contributed by atoms with Crippen LogP contribution in [0, 0.1) is 5.41 Å². The van der Waals surface area contributed by atoms with Crippen LogP contribution in [0.5, 0.6) is 0 Å². The van der Waals surface area contributed by atoms with Crippen molar-refractivity contribution in [3.05, 3.63) is 35.9 Å². The summed E-state index contributed by atoms with van der Waals surface area (Å²) in [6, 6.07) is 13.0. The lowest BCUT2D eigenvalue weighted by Gasteiger charge is -2.68. The molecule has 1 saturated heterocycles. The van der Waals surface area contributed by atoms with Gasteiger partial charge in [-0.15, -0.1) is 0 Å². The summed E-state index contributed by atoms with van der Waals surface area (Å²) < 4.78 is 0. The molecule has 1 heterocycles. The lowest BCUT2D eigenvalue weighted by Crippen LogP contribution is -2.74. The smallest absolute Gasteiger partial charge is 0.0240 e. The molecule has 4 rings (SSSR count). The Bertz CT molecular complexity index is 430. The van der Waals surface area contributed by atoms with Crippen molar-refractivity contribution in [2.75, 3.05) is 0 Å². The zero-order valence-electron chi connectivity index (χ0n) is 10.2. The van der Waals surface area contributed by atoms with Crippen molar-refractivity contribution in [2.45, 2.75) is 57.8 Å². The highest BCUT2D eigenvalue weighted by atomic mass is 15.3. The molecule has 1 aromatic carbocycles. The Labute approximate surface area is 110 Å². The Balaban J connectivity index is 0.000001000. The van der Waals surface area contributed by atoms with Crippen LogP contribution in [0.2, 0.25) is 0 Å². The third-order valence-corrected chi connectivity index (χ3v) is 5.39. The molecule has 4 atom stereocenters. The van der Waals surface area contributed by atoms with Gasteiger partial charge in [-0.3, -0.25) is 4.90 Å². The van der Waals surface area contributed by atoms with Crippen LogP contribution < -0.4 is 5.73 Å². The molecule has 2 aliphatic carbocycles. The molecule has 4 unspecified atom stereocenters. The van der Waals surface area contributed by atoms with Crippen LogP contribution in [0.1, 0.15) is 38.7 Å². The van der Waals surface area contributed by atoms with Crippen molar-refractivity contribution in [3.63, 3.8) is 0 Å². The molecule has 18 heavy (non-hydrogen) atoms. The fourth-order valence-corrected chi connectivity index (χ4v) is 4.61. The van der Waals surface area contributed by atoms with Crippen molar-refractivity contribution in [1.82, 2.24) is 4.90 Å². The number of piperidine rings is 1. The molecule has 3 aliphatic rings. The Hall–Kier alpha value is -0.860. The number of hydrogen-bond donors (Lipinski definition) is 1. The minimum atomic E-state index is 0. The van der Waals surface area contributed by atoms with Crippen LogP contribution in [0.4, 0.5) is 0 Å². The van der Waals surface area contributed by atoms with Gasteiger partial charge < -0.3 is 5.73 Å². The summed E-state index contributed by atoms with van der Waals surface area (Å²) >= 11 is 0. The van der Waals surface area contributed by atoms with Crippen molar-refractivity contribution < 1.29 is 0 Å². The first-order valence-electron chi connectivity index (χ1n) is 6.85. The van der Waals surface area contributed by atoms with E-state index in [1.54, 1.807) is 0 Å². The molecule has 1 aromatic rings. The molecule has 2 nitrogen and oxygen atoms in total. The normalized spacial score (nSPS) is 41.1. The minimum Gasteiger partial charge on any atom is -0.328 e. The topological polar surface area (TPSA) is 29.3 Å². The average molecular weight is 244 g/mol.